The lowest BCUT2D eigenvalue weighted by Crippen LogP contribution is -2.41. The van der Waals surface area contributed by atoms with E-state index < -0.39 is 35.3 Å². The van der Waals surface area contributed by atoms with Crippen LogP contribution in [-0.4, -0.2) is 45.7 Å². The number of carboxylic acids is 1. The zero-order valence-electron chi connectivity index (χ0n) is 12.0. The predicted molar refractivity (Wildman–Crippen MR) is 76.8 cm³/mol. The highest BCUT2D eigenvalue weighted by Crippen LogP contribution is 2.26. The maximum Gasteiger partial charge on any atom is 0.341 e. The Hall–Kier alpha value is -2.33. The van der Waals surface area contributed by atoms with Gasteiger partial charge in [0.15, 0.2) is 6.61 Å². The Morgan fingerprint density at radius 2 is 2.00 bits per heavy atom. The molecular formula is C12H16N2O7S. The van der Waals surface area contributed by atoms with E-state index in [2.05, 4.69) is 4.74 Å². The zero-order valence-corrected chi connectivity index (χ0v) is 12.8. The van der Waals surface area contributed by atoms with Crippen molar-refractivity contribution < 1.29 is 32.6 Å². The number of methoxy groups -OCH3 is 1. The van der Waals surface area contributed by atoms with Crippen molar-refractivity contribution in [2.24, 2.45) is 5.14 Å². The number of carbonyl (C=O) groups is 2. The number of rotatable bonds is 7. The first-order valence-corrected chi connectivity index (χ1v) is 7.48. The van der Waals surface area contributed by atoms with Gasteiger partial charge in [0.05, 0.1) is 12.8 Å². The largest absolute Gasteiger partial charge is 0.482 e. The molecule has 22 heavy (non-hydrogen) atoms. The van der Waals surface area contributed by atoms with Crippen molar-refractivity contribution in [3.05, 3.63) is 23.8 Å². The molecule has 0 atom stereocenters. The first-order chi connectivity index (χ1) is 10.1. The molecule has 1 aromatic rings. The van der Waals surface area contributed by atoms with E-state index in [1.807, 2.05) is 0 Å². The Bertz CT molecular complexity index is 672. The molecule has 0 radical (unpaired) electrons. The van der Waals surface area contributed by atoms with Gasteiger partial charge in [-0.25, -0.2) is 14.2 Å². The molecule has 0 aliphatic carbocycles. The van der Waals surface area contributed by atoms with Gasteiger partial charge < -0.3 is 14.6 Å². The van der Waals surface area contributed by atoms with Crippen LogP contribution in [0.3, 0.4) is 0 Å². The summed E-state index contributed by atoms with van der Waals surface area (Å²) < 4.78 is 33.4. The lowest BCUT2D eigenvalue weighted by molar-refractivity contribution is -0.140. The second-order valence-electron chi connectivity index (χ2n) is 4.26. The number of nitrogens with zero attached hydrogens (tertiary/aromatic N) is 1. The first kappa shape index (κ1) is 17.7. The Morgan fingerprint density at radius 3 is 2.45 bits per heavy atom. The van der Waals surface area contributed by atoms with Crippen molar-refractivity contribution in [3.8, 4) is 5.75 Å². The Labute approximate surface area is 127 Å². The molecule has 0 heterocycles. The Balaban J connectivity index is 3.10. The molecule has 9 nitrogen and oxygen atoms in total. The second-order valence-corrected chi connectivity index (χ2v) is 5.73. The van der Waals surface area contributed by atoms with E-state index in [1.165, 1.54) is 18.2 Å². The molecular weight excluding hydrogens is 316 g/mol. The van der Waals surface area contributed by atoms with Crippen molar-refractivity contribution in [1.29, 1.82) is 0 Å². The highest BCUT2D eigenvalue weighted by Gasteiger charge is 2.23. The van der Waals surface area contributed by atoms with E-state index in [1.54, 1.807) is 6.92 Å². The van der Waals surface area contributed by atoms with Gasteiger partial charge in [-0.15, -0.1) is 0 Å². The van der Waals surface area contributed by atoms with Crippen LogP contribution in [-0.2, 0) is 24.5 Å². The molecule has 0 aliphatic heterocycles. The van der Waals surface area contributed by atoms with Crippen LogP contribution in [0.4, 0.5) is 5.69 Å². The summed E-state index contributed by atoms with van der Waals surface area (Å²) in [6.45, 7) is 0.462. The van der Waals surface area contributed by atoms with Crippen molar-refractivity contribution >= 4 is 27.8 Å². The van der Waals surface area contributed by atoms with Crippen molar-refractivity contribution in [2.75, 3.05) is 24.6 Å². The average Bonchev–Trinajstić information content (AvgIpc) is 2.41. The van der Waals surface area contributed by atoms with Gasteiger partial charge in [-0.3, -0.25) is 4.79 Å². The maximum atomic E-state index is 11.6. The summed E-state index contributed by atoms with van der Waals surface area (Å²) in [5, 5.41) is 13.6. The Morgan fingerprint density at radius 1 is 1.36 bits per heavy atom. The summed E-state index contributed by atoms with van der Waals surface area (Å²) in [6.07, 6.45) is 0. The van der Waals surface area contributed by atoms with Crippen LogP contribution in [0.1, 0.15) is 5.56 Å². The molecule has 0 bridgehead atoms. The van der Waals surface area contributed by atoms with Gasteiger partial charge in [-0.05, 0) is 30.7 Å². The number of hydrogen-bond acceptors (Lipinski definition) is 6. The van der Waals surface area contributed by atoms with E-state index in [4.69, 9.17) is 15.0 Å². The number of aliphatic carboxylic acids is 1. The van der Waals surface area contributed by atoms with Gasteiger partial charge in [-0.1, -0.05) is 0 Å². The molecule has 1 rings (SSSR count). The van der Waals surface area contributed by atoms with Gasteiger partial charge in [0, 0.05) is 0 Å². The molecule has 3 N–H and O–H groups in total. The quantitative estimate of drug-likeness (QED) is 0.651. The summed E-state index contributed by atoms with van der Waals surface area (Å²) >= 11 is 0. The predicted octanol–water partition coefficient (Wildman–Crippen LogP) is -0.359. The molecule has 0 aromatic heterocycles. The molecule has 0 unspecified atom stereocenters. The fraction of sp³-hybridized carbons (Fsp3) is 0.333. The van der Waals surface area contributed by atoms with Crippen molar-refractivity contribution in [1.82, 2.24) is 0 Å². The molecule has 0 fully saturated rings. The molecule has 0 saturated heterocycles. The monoisotopic (exact) mass is 332 g/mol. The van der Waals surface area contributed by atoms with Crippen LogP contribution in [0, 0.1) is 6.92 Å². The summed E-state index contributed by atoms with van der Waals surface area (Å²) in [6, 6.07) is 4.17. The topological polar surface area (TPSA) is 136 Å². The highest BCUT2D eigenvalue weighted by atomic mass is 32.2. The van der Waals surface area contributed by atoms with Crippen LogP contribution in [0.25, 0.3) is 0 Å². The fourth-order valence-corrected chi connectivity index (χ4v) is 2.40. The molecule has 0 amide bonds. The number of anilines is 1. The Kier molecular flexibility index (Phi) is 5.71. The van der Waals surface area contributed by atoms with Crippen LogP contribution in [0.15, 0.2) is 18.2 Å². The molecule has 0 saturated carbocycles. The van der Waals surface area contributed by atoms with Crippen LogP contribution >= 0.6 is 0 Å². The van der Waals surface area contributed by atoms with E-state index in [0.717, 1.165) is 7.11 Å². The lowest BCUT2D eigenvalue weighted by atomic mass is 10.2. The minimum Gasteiger partial charge on any atom is -0.482 e. The van der Waals surface area contributed by atoms with Gasteiger partial charge >= 0.3 is 11.9 Å². The molecule has 1 aromatic carbocycles. The van der Waals surface area contributed by atoms with Crippen LogP contribution < -0.4 is 14.2 Å². The number of carbonyl (C=O) groups excluding carboxylic acids is 1. The number of esters is 1. The fourth-order valence-electron chi connectivity index (χ4n) is 1.64. The maximum absolute atomic E-state index is 11.6. The summed E-state index contributed by atoms with van der Waals surface area (Å²) in [7, 11) is -3.06. The third kappa shape index (κ3) is 4.90. The van der Waals surface area contributed by atoms with Gasteiger partial charge in [0.1, 0.15) is 12.3 Å². The van der Waals surface area contributed by atoms with Crippen LogP contribution in [0.5, 0.6) is 5.75 Å². The number of nitrogens with two attached hydrogens (primary N) is 1. The summed E-state index contributed by atoms with van der Waals surface area (Å²) in [5.41, 5.74) is 0.594. The number of benzene rings is 1. The van der Waals surface area contributed by atoms with Gasteiger partial charge in [0.25, 0.3) is 10.2 Å². The van der Waals surface area contributed by atoms with E-state index in [-0.39, 0.29) is 11.4 Å². The van der Waals surface area contributed by atoms with Crippen molar-refractivity contribution in [3.63, 3.8) is 0 Å². The number of ether oxygens (including phenoxy) is 2. The normalized spacial score (nSPS) is 10.9. The average molecular weight is 332 g/mol. The summed E-state index contributed by atoms with van der Waals surface area (Å²) in [4.78, 5) is 21.8. The number of hydrogen-bond donors (Lipinski definition) is 2. The van der Waals surface area contributed by atoms with E-state index in [9.17, 15) is 18.0 Å². The summed E-state index contributed by atoms with van der Waals surface area (Å²) in [5.74, 6) is -1.67. The van der Waals surface area contributed by atoms with Crippen molar-refractivity contribution in [2.45, 2.75) is 6.92 Å². The highest BCUT2D eigenvalue weighted by molar-refractivity contribution is 7.90. The first-order valence-electron chi connectivity index (χ1n) is 5.97. The molecule has 10 heteroatoms. The van der Waals surface area contributed by atoms with E-state index >= 15 is 0 Å². The minimum atomic E-state index is -4.19. The van der Waals surface area contributed by atoms with Crippen LogP contribution in [0.2, 0.25) is 0 Å². The smallest absolute Gasteiger partial charge is 0.341 e. The third-order valence-corrected chi connectivity index (χ3v) is 3.55. The molecule has 0 aliphatic rings. The van der Waals surface area contributed by atoms with Gasteiger partial charge in [0.2, 0.25) is 0 Å². The second kappa shape index (κ2) is 7.09. The minimum absolute atomic E-state index is 0.163. The zero-order chi connectivity index (χ0) is 16.9. The molecule has 122 valence electrons. The SMILES string of the molecule is COC(=O)CN(c1ccc(OCC(=O)O)cc1C)S(N)(=O)=O. The third-order valence-electron chi connectivity index (χ3n) is 2.61. The van der Waals surface area contributed by atoms with Gasteiger partial charge in [-0.2, -0.15) is 8.42 Å². The standard InChI is InChI=1S/C12H16N2O7S/c1-8-5-9(21-7-11(15)16)3-4-10(8)14(22(13,18)19)6-12(17)20-2/h3-5H,6-7H2,1-2H3,(H,15,16)(H2,13,18,19). The lowest BCUT2D eigenvalue weighted by Gasteiger charge is -2.22. The van der Waals surface area contributed by atoms with E-state index in [0.29, 0.717) is 9.87 Å². The number of aryl methyl sites for hydroxylation is 1. The number of carboxylic acid groups (broad SMARTS) is 1. The molecule has 0 spiro atoms.